The molecular formula is C30H29BrN2O7S. The van der Waals surface area contributed by atoms with Crippen molar-refractivity contribution in [2.75, 3.05) is 40.6 Å². The van der Waals surface area contributed by atoms with Gasteiger partial charge in [-0.3, -0.25) is 9.36 Å². The summed E-state index contributed by atoms with van der Waals surface area (Å²) >= 11 is 4.68. The Kier molecular flexibility index (Phi) is 10.0. The Balaban J connectivity index is 1.97. The van der Waals surface area contributed by atoms with Gasteiger partial charge < -0.3 is 23.7 Å². The van der Waals surface area contributed by atoms with Crippen LogP contribution in [0.5, 0.6) is 17.2 Å². The molecule has 1 aliphatic heterocycles. The first kappa shape index (κ1) is 30.1. The lowest BCUT2D eigenvalue weighted by Crippen LogP contribution is -2.40. The highest BCUT2D eigenvalue weighted by molar-refractivity contribution is 9.10. The Morgan fingerprint density at radius 1 is 1.20 bits per heavy atom. The van der Waals surface area contributed by atoms with E-state index in [0.29, 0.717) is 50.0 Å². The fourth-order valence-corrected chi connectivity index (χ4v) is 5.82. The van der Waals surface area contributed by atoms with E-state index < -0.39 is 12.0 Å². The molecule has 0 bridgehead atoms. The second-order valence-electron chi connectivity index (χ2n) is 8.70. The number of methoxy groups -OCH3 is 2. The van der Waals surface area contributed by atoms with Gasteiger partial charge in [0, 0.05) is 22.7 Å². The van der Waals surface area contributed by atoms with Gasteiger partial charge in [-0.1, -0.05) is 45.3 Å². The number of esters is 1. The molecule has 0 N–H and O–H groups in total. The number of allylic oxidation sites excluding steroid dienone is 1. The van der Waals surface area contributed by atoms with E-state index in [-0.39, 0.29) is 31.0 Å². The van der Waals surface area contributed by atoms with Gasteiger partial charge in [0.25, 0.3) is 5.56 Å². The summed E-state index contributed by atoms with van der Waals surface area (Å²) in [4.78, 5) is 32.6. The number of thiazole rings is 1. The third kappa shape index (κ3) is 6.40. The maximum absolute atomic E-state index is 14.1. The summed E-state index contributed by atoms with van der Waals surface area (Å²) in [5, 5.41) is 0. The summed E-state index contributed by atoms with van der Waals surface area (Å²) < 4.78 is 30.5. The smallest absolute Gasteiger partial charge is 0.338 e. The maximum atomic E-state index is 14.1. The molecule has 11 heteroatoms. The molecule has 0 amide bonds. The van der Waals surface area contributed by atoms with E-state index in [1.165, 1.54) is 30.1 Å². The molecule has 41 heavy (non-hydrogen) atoms. The van der Waals surface area contributed by atoms with Gasteiger partial charge in [0.1, 0.15) is 25.0 Å². The fraction of sp³-hybridized carbons (Fsp3) is 0.300. The monoisotopic (exact) mass is 640 g/mol. The molecule has 1 aliphatic rings. The minimum absolute atomic E-state index is 0.0446. The third-order valence-electron chi connectivity index (χ3n) is 6.14. The Morgan fingerprint density at radius 2 is 2.00 bits per heavy atom. The van der Waals surface area contributed by atoms with Gasteiger partial charge in [-0.15, -0.1) is 6.42 Å². The van der Waals surface area contributed by atoms with Gasteiger partial charge in [-0.2, -0.15) is 0 Å². The van der Waals surface area contributed by atoms with Crippen molar-refractivity contribution in [1.82, 2.24) is 4.57 Å². The van der Waals surface area contributed by atoms with Crippen LogP contribution < -0.4 is 29.1 Å². The minimum Gasteiger partial charge on any atom is -0.493 e. The molecule has 0 saturated heterocycles. The highest BCUT2D eigenvalue weighted by atomic mass is 79.9. The molecule has 0 fully saturated rings. The third-order valence-corrected chi connectivity index (χ3v) is 7.62. The van der Waals surface area contributed by atoms with Crippen molar-refractivity contribution >= 4 is 39.3 Å². The number of para-hydroxylation sites is 1. The second-order valence-corrected chi connectivity index (χ2v) is 10.6. The molecule has 214 valence electrons. The summed E-state index contributed by atoms with van der Waals surface area (Å²) in [5.41, 5.74) is 1.52. The van der Waals surface area contributed by atoms with Crippen molar-refractivity contribution in [2.45, 2.75) is 19.9 Å². The standard InChI is InChI=1S/C30H29BrN2O7S/c1-6-13-39-22-12-11-20(31)16-19(22)17-24-28(34)33-26(21-9-8-10-23(37-5)27(21)38-7-2)25(18(3)32-30(33)41-24)29(35)40-15-14-36-4/h1,8-12,16-17,26H,7,13-15H2,2-5H3/b24-17+/t26-/m1/s1. The molecule has 1 aromatic heterocycles. The number of nitrogens with zero attached hydrogens (tertiary/aromatic N) is 2. The molecule has 9 nitrogen and oxygen atoms in total. The predicted octanol–water partition coefficient (Wildman–Crippen LogP) is 3.61. The van der Waals surface area contributed by atoms with Gasteiger partial charge in [-0.05, 0) is 44.2 Å². The van der Waals surface area contributed by atoms with Crippen molar-refractivity contribution in [3.63, 3.8) is 0 Å². The molecule has 0 radical (unpaired) electrons. The van der Waals surface area contributed by atoms with E-state index in [1.54, 1.807) is 37.3 Å². The van der Waals surface area contributed by atoms with Crippen LogP contribution in [-0.4, -0.2) is 51.2 Å². The number of hydrogen-bond donors (Lipinski definition) is 0. The highest BCUT2D eigenvalue weighted by Gasteiger charge is 2.36. The van der Waals surface area contributed by atoms with Gasteiger partial charge in [0.15, 0.2) is 16.3 Å². The first-order chi connectivity index (χ1) is 19.8. The van der Waals surface area contributed by atoms with E-state index in [1.807, 2.05) is 19.1 Å². The molecule has 4 rings (SSSR count). The number of carbonyl (C=O) groups excluding carboxylic acids is 1. The van der Waals surface area contributed by atoms with Crippen molar-refractivity contribution in [3.05, 3.63) is 83.0 Å². The first-order valence-corrected chi connectivity index (χ1v) is 14.3. The number of fused-ring (bicyclic) bond motifs is 1. The summed E-state index contributed by atoms with van der Waals surface area (Å²) in [6, 6.07) is 9.89. The topological polar surface area (TPSA) is 97.6 Å². The van der Waals surface area contributed by atoms with Crippen LogP contribution in [0.1, 0.15) is 31.0 Å². The van der Waals surface area contributed by atoms with Crippen molar-refractivity contribution < 1.29 is 28.5 Å². The Morgan fingerprint density at radius 3 is 2.71 bits per heavy atom. The second kappa shape index (κ2) is 13.7. The van der Waals surface area contributed by atoms with Crippen LogP contribution >= 0.6 is 27.3 Å². The van der Waals surface area contributed by atoms with E-state index in [2.05, 4.69) is 26.8 Å². The number of hydrogen-bond acceptors (Lipinski definition) is 9. The van der Waals surface area contributed by atoms with Crippen LogP contribution in [0, 0.1) is 12.3 Å². The molecule has 0 unspecified atom stereocenters. The molecule has 0 saturated carbocycles. The van der Waals surface area contributed by atoms with E-state index >= 15 is 0 Å². The lowest BCUT2D eigenvalue weighted by molar-refractivity contribution is -0.140. The summed E-state index contributed by atoms with van der Waals surface area (Å²) in [7, 11) is 3.05. The van der Waals surface area contributed by atoms with Crippen molar-refractivity contribution in [3.8, 4) is 29.6 Å². The molecule has 0 aliphatic carbocycles. The number of aromatic nitrogens is 1. The maximum Gasteiger partial charge on any atom is 0.338 e. The SMILES string of the molecule is C#CCOc1ccc(Br)cc1/C=c1/sc2n(c1=O)[C@H](c1cccc(OC)c1OCC)C(C(=O)OCCOC)=C(C)N=2. The van der Waals surface area contributed by atoms with Gasteiger partial charge in [0.05, 0.1) is 36.1 Å². The number of halogens is 1. The van der Waals surface area contributed by atoms with Crippen LogP contribution in [-0.2, 0) is 14.3 Å². The van der Waals surface area contributed by atoms with Crippen LogP contribution in [0.4, 0.5) is 0 Å². The lowest BCUT2D eigenvalue weighted by atomic mass is 9.94. The molecule has 3 aromatic rings. The Labute approximate surface area is 249 Å². The van der Waals surface area contributed by atoms with Crippen LogP contribution in [0.3, 0.4) is 0 Å². The largest absolute Gasteiger partial charge is 0.493 e. The summed E-state index contributed by atoms with van der Waals surface area (Å²) in [5.74, 6) is 3.27. The van der Waals surface area contributed by atoms with E-state index in [0.717, 1.165) is 4.47 Å². The molecule has 1 atom stereocenters. The predicted molar refractivity (Wildman–Crippen MR) is 159 cm³/mol. The van der Waals surface area contributed by atoms with E-state index in [4.69, 9.17) is 30.1 Å². The number of terminal acetylenes is 1. The van der Waals surface area contributed by atoms with Crippen molar-refractivity contribution in [1.29, 1.82) is 0 Å². The van der Waals surface area contributed by atoms with Gasteiger partial charge in [0.2, 0.25) is 0 Å². The zero-order chi connectivity index (χ0) is 29.5. The zero-order valence-corrected chi connectivity index (χ0v) is 25.5. The summed E-state index contributed by atoms with van der Waals surface area (Å²) in [6.45, 7) is 4.26. The molecular weight excluding hydrogens is 612 g/mol. The zero-order valence-electron chi connectivity index (χ0n) is 23.1. The van der Waals surface area contributed by atoms with Crippen LogP contribution in [0.15, 0.2) is 61.9 Å². The number of ether oxygens (including phenoxy) is 5. The average molecular weight is 642 g/mol. The fourth-order valence-electron chi connectivity index (χ4n) is 4.40. The quantitative estimate of drug-likeness (QED) is 0.179. The molecule has 2 aromatic carbocycles. The Bertz CT molecular complexity index is 1700. The van der Waals surface area contributed by atoms with Crippen LogP contribution in [0.25, 0.3) is 6.08 Å². The minimum atomic E-state index is -0.889. The Hall–Kier alpha value is -3.85. The molecule has 2 heterocycles. The van der Waals surface area contributed by atoms with Gasteiger partial charge in [-0.25, -0.2) is 9.79 Å². The average Bonchev–Trinajstić information content (AvgIpc) is 3.26. The highest BCUT2D eigenvalue weighted by Crippen LogP contribution is 2.40. The molecule has 0 spiro atoms. The summed E-state index contributed by atoms with van der Waals surface area (Å²) in [6.07, 6.45) is 7.11. The van der Waals surface area contributed by atoms with Gasteiger partial charge >= 0.3 is 5.97 Å². The number of benzene rings is 2. The normalized spacial score (nSPS) is 14.6. The van der Waals surface area contributed by atoms with Crippen molar-refractivity contribution in [2.24, 2.45) is 4.99 Å². The first-order valence-electron chi connectivity index (χ1n) is 12.7. The van der Waals surface area contributed by atoms with Crippen LogP contribution in [0.2, 0.25) is 0 Å². The van der Waals surface area contributed by atoms with E-state index in [9.17, 15) is 9.59 Å². The lowest BCUT2D eigenvalue weighted by Gasteiger charge is -2.27. The number of rotatable bonds is 11. The number of carbonyl (C=O) groups is 1.